The predicted octanol–water partition coefficient (Wildman–Crippen LogP) is 6.19. The molecule has 0 fully saturated rings. The molecule has 0 bridgehead atoms. The summed E-state index contributed by atoms with van der Waals surface area (Å²) in [7, 11) is 3.47. The second-order valence-corrected chi connectivity index (χ2v) is 10.1. The lowest BCUT2D eigenvalue weighted by Crippen LogP contribution is -2.41. The summed E-state index contributed by atoms with van der Waals surface area (Å²) >= 11 is 1.73. The largest absolute Gasteiger partial charge is 0.495 e. The average molecular weight is 526 g/mol. The predicted molar refractivity (Wildman–Crippen MR) is 156 cm³/mol. The third-order valence-electron chi connectivity index (χ3n) is 6.42. The number of rotatable bonds is 15. The molecule has 0 spiro atoms. The molecular weight excluding hydrogens is 486 g/mol. The summed E-state index contributed by atoms with van der Waals surface area (Å²) in [6.07, 6.45) is 8.74. The number of amides is 1. The van der Waals surface area contributed by atoms with Crippen LogP contribution in [0.4, 0.5) is 17.1 Å². The quantitative estimate of drug-likeness (QED) is 0.181. The normalized spacial score (nSPS) is 11.9. The Bertz CT molecular complexity index is 1210. The number of hydrogen-bond donors (Lipinski definition) is 2. The number of nitrogens with zero attached hydrogens (tertiary/aromatic N) is 1. The zero-order valence-corrected chi connectivity index (χ0v) is 23.2. The Morgan fingerprint density at radius 2 is 1.89 bits per heavy atom. The van der Waals surface area contributed by atoms with Crippen LogP contribution in [0.25, 0.3) is 11.0 Å². The molecule has 0 radical (unpaired) electrons. The van der Waals surface area contributed by atoms with E-state index in [1.54, 1.807) is 24.9 Å². The molecule has 8 heteroatoms. The molecule has 37 heavy (non-hydrogen) atoms. The number of carbonyl (C=O) groups is 1. The lowest BCUT2D eigenvalue weighted by atomic mass is 10.1. The Labute approximate surface area is 224 Å². The molecule has 0 aliphatic heterocycles. The Hall–Kier alpha value is -2.97. The van der Waals surface area contributed by atoms with Gasteiger partial charge in [-0.2, -0.15) is 11.8 Å². The van der Waals surface area contributed by atoms with Crippen LogP contribution in [0.5, 0.6) is 5.75 Å². The number of para-hydroxylation sites is 1. The van der Waals surface area contributed by atoms with Crippen molar-refractivity contribution in [2.75, 3.05) is 42.9 Å². The van der Waals surface area contributed by atoms with Gasteiger partial charge in [-0.1, -0.05) is 44.7 Å². The van der Waals surface area contributed by atoms with Crippen molar-refractivity contribution in [1.29, 1.82) is 0 Å². The van der Waals surface area contributed by atoms with Crippen molar-refractivity contribution in [3.8, 4) is 5.75 Å². The molecule has 1 amide bonds. The summed E-state index contributed by atoms with van der Waals surface area (Å²) in [6.45, 7) is 3.03. The monoisotopic (exact) mass is 525 g/mol. The number of carbonyl (C=O) groups excluding carboxylic acids is 1. The third kappa shape index (κ3) is 8.01. The van der Waals surface area contributed by atoms with Crippen LogP contribution in [-0.2, 0) is 4.79 Å². The highest BCUT2D eigenvalue weighted by Crippen LogP contribution is 2.34. The maximum Gasteiger partial charge on any atom is 0.338 e. The van der Waals surface area contributed by atoms with Gasteiger partial charge < -0.3 is 24.7 Å². The van der Waals surface area contributed by atoms with Crippen LogP contribution in [-0.4, -0.2) is 44.7 Å². The first-order valence-electron chi connectivity index (χ1n) is 13.0. The second kappa shape index (κ2) is 14.7. The highest BCUT2D eigenvalue weighted by atomic mass is 32.2. The molecule has 0 aliphatic carbocycles. The van der Waals surface area contributed by atoms with Crippen LogP contribution >= 0.6 is 11.8 Å². The highest BCUT2D eigenvalue weighted by molar-refractivity contribution is 7.98. The van der Waals surface area contributed by atoms with Crippen LogP contribution < -0.4 is 25.9 Å². The fourth-order valence-corrected chi connectivity index (χ4v) is 4.77. The minimum Gasteiger partial charge on any atom is -0.495 e. The van der Waals surface area contributed by atoms with Crippen LogP contribution in [0.2, 0.25) is 0 Å². The smallest absolute Gasteiger partial charge is 0.338 e. The van der Waals surface area contributed by atoms with Crippen molar-refractivity contribution < 1.29 is 13.9 Å². The average Bonchev–Trinajstić information content (AvgIpc) is 2.91. The van der Waals surface area contributed by atoms with Crippen LogP contribution in [0, 0.1) is 0 Å². The van der Waals surface area contributed by atoms with E-state index in [-0.39, 0.29) is 11.9 Å². The Balaban J connectivity index is 1.79. The summed E-state index contributed by atoms with van der Waals surface area (Å²) < 4.78 is 10.9. The maximum absolute atomic E-state index is 13.3. The van der Waals surface area contributed by atoms with E-state index in [1.165, 1.54) is 31.7 Å². The van der Waals surface area contributed by atoms with Gasteiger partial charge in [0.05, 0.1) is 24.5 Å². The fraction of sp³-hybridized carbons (Fsp3) is 0.448. The van der Waals surface area contributed by atoms with E-state index < -0.39 is 5.63 Å². The molecule has 1 atom stereocenters. The fourth-order valence-electron chi connectivity index (χ4n) is 4.30. The number of nitrogens with one attached hydrogen (secondary N) is 2. The molecule has 3 rings (SSSR count). The first kappa shape index (κ1) is 28.6. The van der Waals surface area contributed by atoms with Crippen LogP contribution in [0.3, 0.4) is 0 Å². The molecule has 0 saturated carbocycles. The molecule has 1 heterocycles. The molecule has 0 aliphatic rings. The van der Waals surface area contributed by atoms with Gasteiger partial charge in [0.15, 0.2) is 0 Å². The standard InChI is InChI=1S/C29H39N3O4S/c1-5-6-7-8-11-17-30-23(16-18-37-4)29(34)31-24-19-21(14-15-27(24)35-3)32(2)25-20-28(33)36-26-13-10-9-12-22(25)26/h9-10,12-15,19-20,23,30H,5-8,11,16-18H2,1-4H3,(H,31,34)/t23-/m0/s1. The summed E-state index contributed by atoms with van der Waals surface area (Å²) in [5, 5.41) is 7.37. The Kier molecular flexibility index (Phi) is 11.4. The number of ether oxygens (including phenoxy) is 1. The van der Waals surface area contributed by atoms with E-state index >= 15 is 0 Å². The van der Waals surface area contributed by atoms with E-state index in [2.05, 4.69) is 23.8 Å². The zero-order chi connectivity index (χ0) is 26.6. The molecule has 0 saturated heterocycles. The molecule has 200 valence electrons. The molecule has 2 N–H and O–H groups in total. The molecule has 7 nitrogen and oxygen atoms in total. The number of anilines is 3. The lowest BCUT2D eigenvalue weighted by Gasteiger charge is -2.23. The van der Waals surface area contributed by atoms with Gasteiger partial charge in [-0.15, -0.1) is 0 Å². The van der Waals surface area contributed by atoms with Crippen molar-refractivity contribution in [2.45, 2.75) is 51.5 Å². The molecule has 1 aromatic heterocycles. The third-order valence-corrected chi connectivity index (χ3v) is 7.06. The van der Waals surface area contributed by atoms with Crippen molar-refractivity contribution in [3.63, 3.8) is 0 Å². The number of unbranched alkanes of at least 4 members (excludes halogenated alkanes) is 4. The van der Waals surface area contributed by atoms with Crippen molar-refractivity contribution in [1.82, 2.24) is 5.32 Å². The van der Waals surface area contributed by atoms with Crippen LogP contribution in [0.15, 0.2) is 57.7 Å². The van der Waals surface area contributed by atoms with Crippen molar-refractivity contribution >= 4 is 45.7 Å². The van der Waals surface area contributed by atoms with Crippen molar-refractivity contribution in [2.24, 2.45) is 0 Å². The summed E-state index contributed by atoms with van der Waals surface area (Å²) in [5.74, 6) is 1.39. The van der Waals surface area contributed by atoms with Gasteiger partial charge in [-0.25, -0.2) is 4.79 Å². The minimum atomic E-state index is -0.417. The van der Waals surface area contributed by atoms with E-state index in [0.29, 0.717) is 17.0 Å². The van der Waals surface area contributed by atoms with Crippen molar-refractivity contribution in [3.05, 3.63) is 59.0 Å². The van der Waals surface area contributed by atoms with Gasteiger partial charge in [0.2, 0.25) is 5.91 Å². The van der Waals surface area contributed by atoms with Gasteiger partial charge in [0.25, 0.3) is 0 Å². The first-order valence-corrected chi connectivity index (χ1v) is 14.4. The highest BCUT2D eigenvalue weighted by Gasteiger charge is 2.20. The van der Waals surface area contributed by atoms with Gasteiger partial charge in [0.1, 0.15) is 11.3 Å². The van der Waals surface area contributed by atoms with Gasteiger partial charge in [-0.05, 0) is 61.7 Å². The Morgan fingerprint density at radius 3 is 2.65 bits per heavy atom. The maximum atomic E-state index is 13.3. The first-order chi connectivity index (χ1) is 18.0. The number of benzene rings is 2. The van der Waals surface area contributed by atoms with E-state index in [4.69, 9.17) is 9.15 Å². The molecule has 2 aromatic carbocycles. The molecule has 3 aromatic rings. The van der Waals surface area contributed by atoms with E-state index in [1.807, 2.05) is 48.3 Å². The number of hydrogen-bond acceptors (Lipinski definition) is 7. The Morgan fingerprint density at radius 1 is 1.11 bits per heavy atom. The summed E-state index contributed by atoms with van der Waals surface area (Å²) in [4.78, 5) is 27.4. The number of methoxy groups -OCH3 is 1. The number of thioether (sulfide) groups is 1. The zero-order valence-electron chi connectivity index (χ0n) is 22.3. The lowest BCUT2D eigenvalue weighted by molar-refractivity contribution is -0.118. The van der Waals surface area contributed by atoms with Gasteiger partial charge in [-0.3, -0.25) is 4.79 Å². The summed E-state index contributed by atoms with van der Waals surface area (Å²) in [5.41, 5.74) is 2.22. The second-order valence-electron chi connectivity index (χ2n) is 9.08. The minimum absolute atomic E-state index is 0.0773. The molecular formula is C29H39N3O4S. The van der Waals surface area contributed by atoms with Gasteiger partial charge >= 0.3 is 5.63 Å². The number of fused-ring (bicyclic) bond motifs is 1. The SMILES string of the molecule is CCCCCCCN[C@@H](CCSC)C(=O)Nc1cc(N(C)c2cc(=O)oc3ccccc23)ccc1OC. The summed E-state index contributed by atoms with van der Waals surface area (Å²) in [6, 6.07) is 14.2. The topological polar surface area (TPSA) is 83.8 Å². The van der Waals surface area contributed by atoms with E-state index in [0.717, 1.165) is 41.9 Å². The van der Waals surface area contributed by atoms with Crippen LogP contribution in [0.1, 0.15) is 45.4 Å². The molecule has 0 unspecified atom stereocenters. The van der Waals surface area contributed by atoms with E-state index in [9.17, 15) is 9.59 Å². The van der Waals surface area contributed by atoms with Gasteiger partial charge in [0, 0.05) is 24.2 Å².